The standard InChI is InChI=1S/C15H15Cl/c1-2-15(12-6-4-3-5-7-12)13-8-10-14(16)11-9-13/h3-11,15H,2H2,1H3/t15-/m1/s1/i15D. The van der Waals surface area contributed by atoms with Crippen molar-refractivity contribution < 1.29 is 1.37 Å². The van der Waals surface area contributed by atoms with Gasteiger partial charge in [-0.05, 0) is 29.7 Å². The second-order valence-electron chi connectivity index (χ2n) is 3.71. The molecule has 0 aromatic heterocycles. The van der Waals surface area contributed by atoms with Crippen LogP contribution in [0.2, 0.25) is 5.02 Å². The van der Waals surface area contributed by atoms with Crippen molar-refractivity contribution >= 4 is 11.6 Å². The third-order valence-electron chi connectivity index (χ3n) is 2.67. The van der Waals surface area contributed by atoms with Crippen LogP contribution in [0.25, 0.3) is 0 Å². The third kappa shape index (κ3) is 2.45. The van der Waals surface area contributed by atoms with Crippen molar-refractivity contribution in [3.8, 4) is 0 Å². The van der Waals surface area contributed by atoms with E-state index < -0.39 is 5.89 Å². The van der Waals surface area contributed by atoms with Gasteiger partial charge in [0, 0.05) is 12.3 Å². The maximum atomic E-state index is 8.68. The van der Waals surface area contributed by atoms with Crippen LogP contribution >= 0.6 is 11.6 Å². The summed E-state index contributed by atoms with van der Waals surface area (Å²) in [5.41, 5.74) is 2.00. The number of hydrogen-bond donors (Lipinski definition) is 0. The first kappa shape index (κ1) is 9.92. The van der Waals surface area contributed by atoms with Crippen LogP contribution in [0.3, 0.4) is 0 Å². The zero-order valence-corrected chi connectivity index (χ0v) is 10.0. The molecule has 0 aliphatic carbocycles. The maximum Gasteiger partial charge on any atom is 0.0406 e. The van der Waals surface area contributed by atoms with E-state index in [1.807, 2.05) is 61.5 Å². The number of halogens is 1. The molecule has 0 fully saturated rings. The van der Waals surface area contributed by atoms with E-state index in [9.17, 15) is 0 Å². The molecule has 16 heavy (non-hydrogen) atoms. The van der Waals surface area contributed by atoms with E-state index in [4.69, 9.17) is 13.0 Å². The first-order valence-corrected chi connectivity index (χ1v) is 5.86. The summed E-state index contributed by atoms with van der Waals surface area (Å²) in [6, 6.07) is 17.5. The van der Waals surface area contributed by atoms with Gasteiger partial charge in [-0.25, -0.2) is 0 Å². The lowest BCUT2D eigenvalue weighted by Crippen LogP contribution is -1.98. The van der Waals surface area contributed by atoms with Crippen LogP contribution in [-0.4, -0.2) is 0 Å². The smallest absolute Gasteiger partial charge is 0.0406 e. The summed E-state index contributed by atoms with van der Waals surface area (Å²) in [7, 11) is 0. The van der Waals surface area contributed by atoms with Gasteiger partial charge in [0.2, 0.25) is 0 Å². The Balaban J connectivity index is 2.48. The van der Waals surface area contributed by atoms with Gasteiger partial charge in [0.15, 0.2) is 0 Å². The van der Waals surface area contributed by atoms with Gasteiger partial charge in [-0.3, -0.25) is 0 Å². The third-order valence-corrected chi connectivity index (χ3v) is 2.92. The lowest BCUT2D eigenvalue weighted by molar-refractivity contribution is 0.777. The summed E-state index contributed by atoms with van der Waals surface area (Å²) in [6.45, 7) is 2.04. The van der Waals surface area contributed by atoms with Gasteiger partial charge in [0.25, 0.3) is 0 Å². The average molecular weight is 232 g/mol. The lowest BCUT2D eigenvalue weighted by atomic mass is 9.89. The molecule has 2 aromatic carbocycles. The van der Waals surface area contributed by atoms with Crippen LogP contribution in [-0.2, 0) is 0 Å². The second kappa shape index (κ2) is 5.18. The number of benzene rings is 2. The Kier molecular flexibility index (Phi) is 3.21. The highest BCUT2D eigenvalue weighted by Crippen LogP contribution is 2.28. The van der Waals surface area contributed by atoms with E-state index in [0.29, 0.717) is 5.02 Å². The first-order valence-electron chi connectivity index (χ1n) is 5.98. The van der Waals surface area contributed by atoms with Crippen LogP contribution in [0.1, 0.15) is 31.7 Å². The molecule has 0 aliphatic rings. The van der Waals surface area contributed by atoms with E-state index in [1.54, 1.807) is 0 Å². The van der Waals surface area contributed by atoms with Crippen molar-refractivity contribution in [2.24, 2.45) is 0 Å². The van der Waals surface area contributed by atoms with Crippen molar-refractivity contribution in [3.63, 3.8) is 0 Å². The topological polar surface area (TPSA) is 0 Å². The average Bonchev–Trinajstić information content (AvgIpc) is 2.40. The summed E-state index contributed by atoms with van der Waals surface area (Å²) in [5.74, 6) is -0.689. The van der Waals surface area contributed by atoms with Gasteiger partial charge in [-0.15, -0.1) is 0 Å². The van der Waals surface area contributed by atoms with Crippen molar-refractivity contribution in [3.05, 3.63) is 70.7 Å². The minimum Gasteiger partial charge on any atom is -0.0843 e. The van der Waals surface area contributed by atoms with E-state index in [-0.39, 0.29) is 0 Å². The van der Waals surface area contributed by atoms with Crippen molar-refractivity contribution in [2.75, 3.05) is 0 Å². The van der Waals surface area contributed by atoms with Crippen LogP contribution in [0.15, 0.2) is 54.6 Å². The highest BCUT2D eigenvalue weighted by Gasteiger charge is 2.10. The fraction of sp³-hybridized carbons (Fsp3) is 0.200. The molecule has 0 unspecified atom stereocenters. The second-order valence-corrected chi connectivity index (χ2v) is 4.14. The highest BCUT2D eigenvalue weighted by atomic mass is 35.5. The van der Waals surface area contributed by atoms with Crippen molar-refractivity contribution in [1.82, 2.24) is 0 Å². The molecule has 0 bridgehead atoms. The molecule has 0 saturated heterocycles. The molecule has 0 saturated carbocycles. The maximum absolute atomic E-state index is 8.68. The molecule has 0 nitrogen and oxygen atoms in total. The van der Waals surface area contributed by atoms with Crippen LogP contribution < -0.4 is 0 Å². The molecule has 0 heterocycles. The van der Waals surface area contributed by atoms with E-state index in [2.05, 4.69) is 0 Å². The van der Waals surface area contributed by atoms with Gasteiger partial charge in [0.05, 0.1) is 0 Å². The highest BCUT2D eigenvalue weighted by molar-refractivity contribution is 6.30. The quantitative estimate of drug-likeness (QED) is 0.706. The number of rotatable bonds is 3. The van der Waals surface area contributed by atoms with Crippen LogP contribution in [0.4, 0.5) is 0 Å². The zero-order chi connectivity index (χ0) is 12.3. The van der Waals surface area contributed by atoms with Gasteiger partial charge < -0.3 is 0 Å². The Hall–Kier alpha value is -1.27. The van der Waals surface area contributed by atoms with E-state index in [1.165, 1.54) is 0 Å². The fourth-order valence-electron chi connectivity index (χ4n) is 1.87. The van der Waals surface area contributed by atoms with Gasteiger partial charge in [-0.2, -0.15) is 0 Å². The molecule has 0 spiro atoms. The largest absolute Gasteiger partial charge is 0.0843 e. The predicted molar refractivity (Wildman–Crippen MR) is 70.0 cm³/mol. The molecule has 1 atom stereocenters. The molecule has 82 valence electrons. The van der Waals surface area contributed by atoms with Crippen LogP contribution in [0, 0.1) is 0 Å². The SMILES string of the molecule is [2H][C@@](CC)(c1ccccc1)c1ccc(Cl)cc1. The Morgan fingerprint density at radius 3 is 2.12 bits per heavy atom. The normalized spacial score (nSPS) is 15.2. The molecule has 2 rings (SSSR count). The Labute approximate surface area is 103 Å². The summed E-state index contributed by atoms with van der Waals surface area (Å²) >= 11 is 5.89. The Bertz CT molecular complexity index is 478. The summed E-state index contributed by atoms with van der Waals surface area (Å²) in [4.78, 5) is 0. The zero-order valence-electron chi connectivity index (χ0n) is 10.3. The van der Waals surface area contributed by atoms with Crippen LogP contribution in [0.5, 0.6) is 0 Å². The minimum absolute atomic E-state index is 0.689. The van der Waals surface area contributed by atoms with E-state index >= 15 is 0 Å². The van der Waals surface area contributed by atoms with Crippen molar-refractivity contribution in [1.29, 1.82) is 0 Å². The molecule has 0 aliphatic heterocycles. The molecular formula is C15H15Cl. The fourth-order valence-corrected chi connectivity index (χ4v) is 1.99. The van der Waals surface area contributed by atoms with Gasteiger partial charge in [-0.1, -0.05) is 61.0 Å². The molecule has 1 heteroatoms. The summed E-state index contributed by atoms with van der Waals surface area (Å²) in [6.07, 6.45) is 0.735. The summed E-state index contributed by atoms with van der Waals surface area (Å²) < 4.78 is 8.68. The first-order chi connectivity index (χ1) is 8.16. The minimum atomic E-state index is -0.689. The van der Waals surface area contributed by atoms with Gasteiger partial charge in [0.1, 0.15) is 0 Å². The molecule has 0 amide bonds. The molecule has 2 aromatic rings. The lowest BCUT2D eigenvalue weighted by Gasteiger charge is -2.15. The molecular weight excluding hydrogens is 216 g/mol. The van der Waals surface area contributed by atoms with Crippen molar-refractivity contribution in [2.45, 2.75) is 19.2 Å². The van der Waals surface area contributed by atoms with Gasteiger partial charge >= 0.3 is 0 Å². The number of hydrogen-bond acceptors (Lipinski definition) is 0. The van der Waals surface area contributed by atoms with E-state index in [0.717, 1.165) is 17.5 Å². The Morgan fingerprint density at radius 1 is 1.00 bits per heavy atom. The predicted octanol–water partition coefficient (Wildman–Crippen LogP) is 4.88. The molecule has 0 radical (unpaired) electrons. The Morgan fingerprint density at radius 2 is 1.56 bits per heavy atom. The molecule has 0 N–H and O–H groups in total. The summed E-state index contributed by atoms with van der Waals surface area (Å²) in [5, 5.41) is 0.709. The monoisotopic (exact) mass is 231 g/mol.